The second-order valence-electron chi connectivity index (χ2n) is 6.63. The SMILES string of the molecule is CCN1/C(=C/C(C)=C/c2sc3ccc(F)cc3[n+]2CC)Sc2ccc(F)cc21. The van der Waals surface area contributed by atoms with Gasteiger partial charge in [0.25, 0.3) is 5.01 Å². The minimum absolute atomic E-state index is 0.215. The molecule has 0 atom stereocenters. The zero-order chi connectivity index (χ0) is 19.8. The number of hydrogen-bond acceptors (Lipinski definition) is 3. The van der Waals surface area contributed by atoms with E-state index in [1.54, 1.807) is 35.2 Å². The molecule has 0 unspecified atom stereocenters. The second kappa shape index (κ2) is 7.68. The number of hydrogen-bond donors (Lipinski definition) is 0. The fraction of sp³-hybridized carbons (Fsp3) is 0.227. The minimum atomic E-state index is -0.215. The van der Waals surface area contributed by atoms with Gasteiger partial charge in [-0.25, -0.2) is 8.78 Å². The molecule has 2 nitrogen and oxygen atoms in total. The van der Waals surface area contributed by atoms with E-state index in [0.717, 1.165) is 49.5 Å². The number of aryl methyl sites for hydroxylation is 1. The van der Waals surface area contributed by atoms with Gasteiger partial charge in [-0.3, -0.25) is 0 Å². The molecule has 144 valence electrons. The van der Waals surface area contributed by atoms with E-state index in [4.69, 9.17) is 0 Å². The largest absolute Gasteiger partial charge is 0.335 e. The number of halogens is 2. The van der Waals surface area contributed by atoms with Crippen molar-refractivity contribution in [2.75, 3.05) is 11.4 Å². The summed E-state index contributed by atoms with van der Waals surface area (Å²) in [5.41, 5.74) is 2.95. The summed E-state index contributed by atoms with van der Waals surface area (Å²) in [6.45, 7) is 7.76. The molecule has 0 radical (unpaired) electrons. The fourth-order valence-corrected chi connectivity index (χ4v) is 5.88. The monoisotopic (exact) mass is 415 g/mol. The van der Waals surface area contributed by atoms with Crippen LogP contribution < -0.4 is 9.47 Å². The third kappa shape index (κ3) is 3.47. The molecule has 6 heteroatoms. The average Bonchev–Trinajstić information content (AvgIpc) is 3.17. The van der Waals surface area contributed by atoms with Gasteiger partial charge in [0.2, 0.25) is 5.52 Å². The maximum Gasteiger partial charge on any atom is 0.262 e. The first-order valence-electron chi connectivity index (χ1n) is 9.27. The van der Waals surface area contributed by atoms with Crippen LogP contribution in [0.3, 0.4) is 0 Å². The number of allylic oxidation sites excluding steroid dienone is 2. The molecule has 2 aromatic carbocycles. The molecule has 3 aromatic rings. The number of anilines is 1. The number of aromatic nitrogens is 1. The number of rotatable bonds is 4. The number of nitrogens with zero attached hydrogens (tertiary/aromatic N) is 2. The molecule has 0 aliphatic carbocycles. The Morgan fingerprint density at radius 1 is 1.11 bits per heavy atom. The number of benzene rings is 2. The lowest BCUT2D eigenvalue weighted by molar-refractivity contribution is -0.665. The van der Waals surface area contributed by atoms with Gasteiger partial charge in [0.1, 0.15) is 22.9 Å². The zero-order valence-electron chi connectivity index (χ0n) is 16.0. The van der Waals surface area contributed by atoms with Gasteiger partial charge in [-0.15, -0.1) is 0 Å². The highest BCUT2D eigenvalue weighted by Gasteiger charge is 2.24. The maximum atomic E-state index is 13.7. The summed E-state index contributed by atoms with van der Waals surface area (Å²) in [6.07, 6.45) is 4.27. The molecule has 4 rings (SSSR count). The predicted molar refractivity (Wildman–Crippen MR) is 115 cm³/mol. The molecule has 0 fully saturated rings. The summed E-state index contributed by atoms with van der Waals surface area (Å²) in [5.74, 6) is -0.430. The van der Waals surface area contributed by atoms with Gasteiger partial charge in [0.05, 0.1) is 10.7 Å². The van der Waals surface area contributed by atoms with Crippen LogP contribution in [-0.2, 0) is 6.54 Å². The quantitative estimate of drug-likeness (QED) is 0.458. The van der Waals surface area contributed by atoms with Crippen molar-refractivity contribution in [1.29, 1.82) is 0 Å². The second-order valence-corrected chi connectivity index (χ2v) is 8.75. The molecule has 0 amide bonds. The predicted octanol–water partition coefficient (Wildman–Crippen LogP) is 6.36. The Hall–Kier alpha value is -2.18. The van der Waals surface area contributed by atoms with Crippen LogP contribution in [0.15, 0.2) is 58.0 Å². The van der Waals surface area contributed by atoms with Crippen LogP contribution >= 0.6 is 23.1 Å². The summed E-state index contributed by atoms with van der Waals surface area (Å²) < 4.78 is 30.5. The number of fused-ring (bicyclic) bond motifs is 2. The van der Waals surface area contributed by atoms with E-state index in [1.807, 2.05) is 12.1 Å². The van der Waals surface area contributed by atoms with E-state index in [9.17, 15) is 8.78 Å². The van der Waals surface area contributed by atoms with Gasteiger partial charge in [-0.05, 0) is 62.8 Å². The normalized spacial score (nSPS) is 15.7. The fourth-order valence-electron chi connectivity index (χ4n) is 3.45. The van der Waals surface area contributed by atoms with Crippen molar-refractivity contribution in [3.8, 4) is 0 Å². The van der Waals surface area contributed by atoms with E-state index in [1.165, 1.54) is 12.1 Å². The lowest BCUT2D eigenvalue weighted by Gasteiger charge is -2.18. The summed E-state index contributed by atoms with van der Waals surface area (Å²) >= 11 is 3.32. The van der Waals surface area contributed by atoms with Crippen molar-refractivity contribution >= 4 is 45.1 Å². The highest BCUT2D eigenvalue weighted by atomic mass is 32.2. The highest BCUT2D eigenvalue weighted by Crippen LogP contribution is 2.46. The Bertz CT molecular complexity index is 1120. The molecule has 0 spiro atoms. The molecule has 1 aliphatic rings. The van der Waals surface area contributed by atoms with Crippen molar-refractivity contribution < 1.29 is 13.3 Å². The first kappa shape index (κ1) is 19.2. The van der Waals surface area contributed by atoms with E-state index in [0.29, 0.717) is 0 Å². The van der Waals surface area contributed by atoms with Crippen molar-refractivity contribution in [1.82, 2.24) is 0 Å². The van der Waals surface area contributed by atoms with Crippen LogP contribution in [0.5, 0.6) is 0 Å². The Morgan fingerprint density at radius 3 is 2.61 bits per heavy atom. The van der Waals surface area contributed by atoms with Crippen LogP contribution in [0, 0.1) is 11.6 Å². The summed E-state index contributed by atoms with van der Waals surface area (Å²) in [6, 6.07) is 9.87. The molecule has 28 heavy (non-hydrogen) atoms. The van der Waals surface area contributed by atoms with Crippen LogP contribution in [0.25, 0.3) is 16.3 Å². The number of thiazole rings is 1. The number of thioether (sulfide) groups is 1. The van der Waals surface area contributed by atoms with Crippen molar-refractivity contribution in [3.05, 3.63) is 69.7 Å². The van der Waals surface area contributed by atoms with Crippen LogP contribution in [0.2, 0.25) is 0 Å². The topological polar surface area (TPSA) is 7.12 Å². The van der Waals surface area contributed by atoms with Gasteiger partial charge >= 0.3 is 0 Å². The van der Waals surface area contributed by atoms with Gasteiger partial charge in [0, 0.05) is 23.6 Å². The van der Waals surface area contributed by atoms with Gasteiger partial charge < -0.3 is 4.90 Å². The average molecular weight is 416 g/mol. The zero-order valence-corrected chi connectivity index (χ0v) is 17.6. The van der Waals surface area contributed by atoms with Crippen molar-refractivity contribution in [2.24, 2.45) is 0 Å². The first-order valence-corrected chi connectivity index (χ1v) is 10.9. The highest BCUT2D eigenvalue weighted by molar-refractivity contribution is 8.03. The van der Waals surface area contributed by atoms with E-state index in [-0.39, 0.29) is 11.6 Å². The van der Waals surface area contributed by atoms with E-state index >= 15 is 0 Å². The first-order chi connectivity index (χ1) is 13.5. The Balaban J connectivity index is 1.71. The third-order valence-electron chi connectivity index (χ3n) is 4.72. The summed E-state index contributed by atoms with van der Waals surface area (Å²) in [5, 5.41) is 2.18. The lowest BCUT2D eigenvalue weighted by atomic mass is 10.2. The Labute approximate surface area is 171 Å². The molecule has 1 aliphatic heterocycles. The van der Waals surface area contributed by atoms with Crippen LogP contribution in [-0.4, -0.2) is 6.54 Å². The van der Waals surface area contributed by atoms with Gasteiger partial charge in [-0.2, -0.15) is 4.57 Å². The van der Waals surface area contributed by atoms with E-state index in [2.05, 4.69) is 42.4 Å². The summed E-state index contributed by atoms with van der Waals surface area (Å²) in [7, 11) is 0. The summed E-state index contributed by atoms with van der Waals surface area (Å²) in [4.78, 5) is 3.21. The Morgan fingerprint density at radius 2 is 1.86 bits per heavy atom. The molecule has 2 heterocycles. The van der Waals surface area contributed by atoms with Crippen LogP contribution in [0.4, 0.5) is 14.5 Å². The standard InChI is InChI=1S/C22H21F2N2S2/c1-4-25-17-12-15(23)6-8-19(17)27-21(25)10-14(3)11-22-26(5-2)18-13-16(24)7-9-20(18)28-22/h6-13H,4-5H2,1-3H3/q+1. The molecular formula is C22H21F2N2S2+. The Kier molecular flexibility index (Phi) is 5.25. The van der Waals surface area contributed by atoms with Gasteiger partial charge in [0.15, 0.2) is 0 Å². The molecule has 0 saturated heterocycles. The molecule has 1 aromatic heterocycles. The van der Waals surface area contributed by atoms with Crippen LogP contribution in [0.1, 0.15) is 25.8 Å². The molecule has 0 bridgehead atoms. The molecular weight excluding hydrogens is 394 g/mol. The van der Waals surface area contributed by atoms with E-state index < -0.39 is 0 Å². The molecule has 0 N–H and O–H groups in total. The maximum absolute atomic E-state index is 13.7. The smallest absolute Gasteiger partial charge is 0.262 e. The van der Waals surface area contributed by atoms with Crippen molar-refractivity contribution in [2.45, 2.75) is 32.2 Å². The minimum Gasteiger partial charge on any atom is -0.335 e. The third-order valence-corrected chi connectivity index (χ3v) is 6.94. The van der Waals surface area contributed by atoms with Crippen molar-refractivity contribution in [3.63, 3.8) is 0 Å². The molecule has 0 saturated carbocycles. The lowest BCUT2D eigenvalue weighted by Crippen LogP contribution is -2.33. The van der Waals surface area contributed by atoms with Gasteiger partial charge in [-0.1, -0.05) is 23.1 Å².